The van der Waals surface area contributed by atoms with Gasteiger partial charge in [-0.05, 0) is 183 Å². The van der Waals surface area contributed by atoms with E-state index in [2.05, 4.69) is 110 Å². The smallest absolute Gasteiger partial charge is 0.192 e. The molecule has 6 fully saturated rings. The van der Waals surface area contributed by atoms with E-state index in [1.54, 1.807) is 12.2 Å². The number of fused-ring (bicyclic) bond motifs is 2. The average Bonchev–Trinajstić information content (AvgIpc) is 3.84. The van der Waals surface area contributed by atoms with E-state index in [0.29, 0.717) is 24.0 Å². The van der Waals surface area contributed by atoms with Crippen molar-refractivity contribution in [2.45, 2.75) is 222 Å². The summed E-state index contributed by atoms with van der Waals surface area (Å²) in [5.74, 6) is 1.32. The van der Waals surface area contributed by atoms with Crippen LogP contribution in [-0.2, 0) is 27.9 Å². The molecule has 0 aromatic carbocycles. The fourth-order valence-electron chi connectivity index (χ4n) is 13.6. The number of ketones is 2. The van der Waals surface area contributed by atoms with Gasteiger partial charge < -0.3 is 18.3 Å². The van der Waals surface area contributed by atoms with Crippen molar-refractivity contribution in [2.75, 3.05) is 0 Å². The third-order valence-corrected chi connectivity index (χ3v) is 28.9. The van der Waals surface area contributed by atoms with E-state index >= 15 is 0 Å². The van der Waals surface area contributed by atoms with Gasteiger partial charge >= 0.3 is 0 Å². The Bertz CT molecular complexity index is 2000. The standard InChI is InChI=1S/C25H37BrO3Si.C25H36O3Si.CH4/c1-22(2,3)30(5,6)28-21-8-7-20-23(21,4)10-9-16-13-17-14-19(27)18(26)15-24(17)11-12-25(16,20)29-24;1-22(2,3)29(5,6)27-21-8-7-20-23(21,4)11-9-17-15-18-16-19(26)10-12-24(18)13-14-25(17,20)28-24;/h13-14,18,20-21H,7-12,15H2,1-6H3;10,12,15-16,20-21H,7-9,11,13-14H2,1-6H3;1H4/t18-,20-,21+,23+,24-,25-;20-,21+,23+,24+,25-;/m11./s1. The van der Waals surface area contributed by atoms with Gasteiger partial charge in [0.2, 0.25) is 0 Å². The average molecular weight is 922 g/mol. The van der Waals surface area contributed by atoms with Crippen LogP contribution in [0.15, 0.2) is 58.7 Å². The summed E-state index contributed by atoms with van der Waals surface area (Å²) in [4.78, 5) is 24.2. The maximum atomic E-state index is 12.3. The Morgan fingerprint density at radius 1 is 0.667 bits per heavy atom. The monoisotopic (exact) mass is 920 g/mol. The van der Waals surface area contributed by atoms with Gasteiger partial charge in [0.1, 0.15) is 5.60 Å². The lowest BCUT2D eigenvalue weighted by atomic mass is 9.58. The summed E-state index contributed by atoms with van der Waals surface area (Å²) in [5, 5.41) is 0.467. The molecule has 4 spiro atoms. The molecule has 4 aliphatic heterocycles. The van der Waals surface area contributed by atoms with Crippen LogP contribution in [0.1, 0.15) is 146 Å². The minimum Gasteiger partial charge on any atom is -0.413 e. The van der Waals surface area contributed by atoms with Crippen LogP contribution in [0.5, 0.6) is 0 Å². The highest BCUT2D eigenvalue weighted by atomic mass is 79.9. The predicted octanol–water partition coefficient (Wildman–Crippen LogP) is 13.0. The van der Waals surface area contributed by atoms with Crippen molar-refractivity contribution in [3.63, 3.8) is 0 Å². The first-order valence-corrected chi connectivity index (χ1v) is 30.0. The molecule has 9 heteroatoms. The van der Waals surface area contributed by atoms with Gasteiger partial charge in [0.25, 0.3) is 0 Å². The molecule has 0 amide bonds. The number of hydrogen-bond donors (Lipinski definition) is 0. The number of carbonyl (C=O) groups excluding carboxylic acids is 2. The molecule has 4 heterocycles. The molecular weight excluding hydrogens is 845 g/mol. The van der Waals surface area contributed by atoms with Gasteiger partial charge in [-0.15, -0.1) is 0 Å². The molecule has 0 aromatic heterocycles. The molecule has 60 heavy (non-hydrogen) atoms. The fourth-order valence-corrected chi connectivity index (χ4v) is 17.2. The molecule has 0 radical (unpaired) electrons. The van der Waals surface area contributed by atoms with Crippen molar-refractivity contribution in [1.29, 1.82) is 0 Å². The summed E-state index contributed by atoms with van der Waals surface area (Å²) in [7, 11) is -3.63. The van der Waals surface area contributed by atoms with Gasteiger partial charge in [-0.2, -0.15) is 0 Å². The zero-order chi connectivity index (χ0) is 42.6. The van der Waals surface area contributed by atoms with Gasteiger partial charge in [0, 0.05) is 6.42 Å². The molecule has 0 N–H and O–H groups in total. The minimum absolute atomic E-state index is 0. The maximum Gasteiger partial charge on any atom is 0.192 e. The zero-order valence-corrected chi connectivity index (χ0v) is 42.0. The number of hydrogen-bond acceptors (Lipinski definition) is 6. The second-order valence-electron chi connectivity index (χ2n) is 24.2. The van der Waals surface area contributed by atoms with Crippen LogP contribution in [-0.4, -0.2) is 67.6 Å². The highest BCUT2D eigenvalue weighted by Gasteiger charge is 2.69. The van der Waals surface area contributed by atoms with Gasteiger partial charge in [-0.3, -0.25) is 9.59 Å². The van der Waals surface area contributed by atoms with E-state index in [1.807, 2.05) is 12.2 Å². The highest BCUT2D eigenvalue weighted by Crippen LogP contribution is 2.69. The second kappa shape index (κ2) is 14.1. The van der Waals surface area contributed by atoms with Crippen molar-refractivity contribution >= 4 is 44.1 Å². The third-order valence-electron chi connectivity index (χ3n) is 19.2. The van der Waals surface area contributed by atoms with Crippen LogP contribution in [0.2, 0.25) is 36.3 Å². The summed E-state index contributed by atoms with van der Waals surface area (Å²) >= 11 is 3.61. The number of ether oxygens (including phenoxy) is 2. The van der Waals surface area contributed by atoms with Crippen LogP contribution in [0.3, 0.4) is 0 Å². The van der Waals surface area contributed by atoms with Crippen molar-refractivity contribution in [3.05, 3.63) is 58.7 Å². The molecule has 11 atom stereocenters. The first kappa shape index (κ1) is 45.4. The molecule has 0 aromatic rings. The van der Waals surface area contributed by atoms with Gasteiger partial charge in [0.05, 0.1) is 33.8 Å². The number of allylic oxidation sites excluding steroid dienone is 3. The van der Waals surface area contributed by atoms with E-state index in [9.17, 15) is 9.59 Å². The predicted molar refractivity (Wildman–Crippen MR) is 251 cm³/mol. The first-order valence-electron chi connectivity index (χ1n) is 23.3. The molecule has 4 bridgehead atoms. The summed E-state index contributed by atoms with van der Waals surface area (Å²) in [5.41, 5.74) is 4.56. The minimum atomic E-state index is -1.82. The van der Waals surface area contributed by atoms with Crippen molar-refractivity contribution in [1.82, 2.24) is 0 Å². The van der Waals surface area contributed by atoms with Crippen LogP contribution < -0.4 is 0 Å². The van der Waals surface area contributed by atoms with Crippen LogP contribution in [0.4, 0.5) is 0 Å². The Morgan fingerprint density at radius 2 is 1.17 bits per heavy atom. The number of carbonyl (C=O) groups is 2. The summed E-state index contributed by atoms with van der Waals surface area (Å²) in [6, 6.07) is 0. The highest BCUT2D eigenvalue weighted by molar-refractivity contribution is 9.10. The largest absolute Gasteiger partial charge is 0.413 e. The number of alkyl halides is 1. The Kier molecular flexibility index (Phi) is 10.7. The summed E-state index contributed by atoms with van der Waals surface area (Å²) < 4.78 is 28.3. The molecule has 6 aliphatic carbocycles. The second-order valence-corrected chi connectivity index (χ2v) is 34.8. The zero-order valence-electron chi connectivity index (χ0n) is 38.4. The van der Waals surface area contributed by atoms with Crippen molar-refractivity contribution < 1.29 is 27.9 Å². The third kappa shape index (κ3) is 6.43. The molecule has 6 nitrogen and oxygen atoms in total. The molecule has 0 unspecified atom stereocenters. The molecule has 10 rings (SSSR count). The lowest BCUT2D eigenvalue weighted by Crippen LogP contribution is -2.57. The van der Waals surface area contributed by atoms with E-state index < -0.39 is 16.6 Å². The van der Waals surface area contributed by atoms with Crippen LogP contribution in [0.25, 0.3) is 0 Å². The molecular formula is C51H77BrO6Si2. The Hall–Kier alpha value is -1.21. The van der Waals surface area contributed by atoms with E-state index in [4.69, 9.17) is 18.3 Å². The molecule has 10 aliphatic rings. The summed E-state index contributed by atoms with van der Waals surface area (Å²) in [6.07, 6.45) is 26.9. The van der Waals surface area contributed by atoms with Crippen LogP contribution >= 0.6 is 15.9 Å². The quantitative estimate of drug-likeness (QED) is 0.207. The molecule has 4 saturated carbocycles. The molecule has 2 saturated heterocycles. The van der Waals surface area contributed by atoms with Crippen LogP contribution in [0, 0.1) is 22.7 Å². The molecule has 332 valence electrons. The Morgan fingerprint density at radius 3 is 1.70 bits per heavy atom. The first-order chi connectivity index (χ1) is 27.3. The normalized spacial score (nSPS) is 43.7. The Labute approximate surface area is 373 Å². The van der Waals surface area contributed by atoms with Gasteiger partial charge in [0.15, 0.2) is 28.2 Å². The van der Waals surface area contributed by atoms with Gasteiger partial charge in [-0.1, -0.05) is 90.9 Å². The van der Waals surface area contributed by atoms with Crippen molar-refractivity contribution in [2.24, 2.45) is 22.7 Å². The SMILES string of the molecule is C.CC(C)(C)[Si](C)(C)O[C@H]1CC[C@@H]2[C@]1(C)CCC1=CC3=CC(=O)C=C[C@]34CC[C@@]12O4.CC(C)(C)[Si](C)(C)O[C@H]1CC[C@@H]2[C@]1(C)CCC1=CC3=CC(=O)[C@H](Br)C[C@]34CC[C@@]12O4. The van der Waals surface area contributed by atoms with Gasteiger partial charge in [-0.25, -0.2) is 0 Å². The van der Waals surface area contributed by atoms with E-state index in [-0.39, 0.29) is 67.1 Å². The number of rotatable bonds is 4. The Balaban J connectivity index is 0.000000164. The van der Waals surface area contributed by atoms with E-state index in [1.165, 1.54) is 30.4 Å². The van der Waals surface area contributed by atoms with Crippen molar-refractivity contribution in [3.8, 4) is 0 Å². The topological polar surface area (TPSA) is 71.1 Å². The fraction of sp³-hybridized carbons (Fsp3) is 0.765. The summed E-state index contributed by atoms with van der Waals surface area (Å²) in [6.45, 7) is 28.6. The van der Waals surface area contributed by atoms with E-state index in [0.717, 1.165) is 75.4 Å². The lowest BCUT2D eigenvalue weighted by Gasteiger charge is -2.55. The lowest BCUT2D eigenvalue weighted by molar-refractivity contribution is -0.150. The number of halogens is 1. The maximum absolute atomic E-state index is 12.3.